The predicted molar refractivity (Wildman–Crippen MR) is 76.2 cm³/mol. The van der Waals surface area contributed by atoms with E-state index in [1.807, 2.05) is 12.1 Å². The van der Waals surface area contributed by atoms with Crippen LogP contribution in [0.4, 0.5) is 0 Å². The van der Waals surface area contributed by atoms with Crippen molar-refractivity contribution in [3.8, 4) is 0 Å². The number of rotatable bonds is 6. The molecule has 0 amide bonds. The van der Waals surface area contributed by atoms with E-state index in [2.05, 4.69) is 19.2 Å². The third kappa shape index (κ3) is 3.78. The van der Waals surface area contributed by atoms with Gasteiger partial charge in [-0.1, -0.05) is 25.5 Å². The third-order valence-electron chi connectivity index (χ3n) is 3.75. The molecule has 0 spiro atoms. The van der Waals surface area contributed by atoms with Crippen LogP contribution in [0.2, 0.25) is 0 Å². The Labute approximate surface area is 115 Å². The second-order valence-electron chi connectivity index (χ2n) is 5.39. The van der Waals surface area contributed by atoms with Gasteiger partial charge in [0.25, 0.3) is 0 Å². The monoisotopic (exact) mass is 282 g/mol. The number of hydrogen-bond donors (Lipinski definition) is 2. The first-order chi connectivity index (χ1) is 8.91. The van der Waals surface area contributed by atoms with Gasteiger partial charge in [0.2, 0.25) is 10.0 Å². The number of nitrogens with one attached hydrogen (secondary N) is 1. The molecule has 0 saturated heterocycles. The largest absolute Gasteiger partial charge is 0.307 e. The van der Waals surface area contributed by atoms with Crippen molar-refractivity contribution in [2.45, 2.75) is 50.1 Å². The summed E-state index contributed by atoms with van der Waals surface area (Å²) in [6.45, 7) is 4.32. The van der Waals surface area contributed by atoms with Crippen LogP contribution in [-0.4, -0.2) is 14.5 Å². The van der Waals surface area contributed by atoms with E-state index in [1.165, 1.54) is 19.3 Å². The molecule has 1 aromatic rings. The number of hydrogen-bond acceptors (Lipinski definition) is 3. The highest BCUT2D eigenvalue weighted by Gasteiger charge is 2.36. The molecule has 0 aliphatic heterocycles. The molecule has 1 saturated carbocycles. The lowest BCUT2D eigenvalue weighted by molar-refractivity contribution is 0.530. The molecule has 106 valence electrons. The summed E-state index contributed by atoms with van der Waals surface area (Å²) >= 11 is 0. The molecule has 0 radical (unpaired) electrons. The second kappa shape index (κ2) is 5.61. The van der Waals surface area contributed by atoms with E-state index in [0.29, 0.717) is 6.04 Å². The SMILES string of the molecule is CCCC1CC1NC(C)c1ccc(S(N)(=O)=O)cc1. The molecular formula is C14H22N2O2S. The predicted octanol–water partition coefficient (Wildman–Crippen LogP) is 2.17. The van der Waals surface area contributed by atoms with Crippen LogP contribution >= 0.6 is 0 Å². The zero-order chi connectivity index (χ0) is 14.0. The molecule has 0 aromatic heterocycles. The van der Waals surface area contributed by atoms with Gasteiger partial charge in [0.1, 0.15) is 0 Å². The maximum absolute atomic E-state index is 11.2. The summed E-state index contributed by atoms with van der Waals surface area (Å²) in [5.74, 6) is 0.816. The van der Waals surface area contributed by atoms with Crippen LogP contribution in [0.15, 0.2) is 29.2 Å². The Hall–Kier alpha value is -0.910. The van der Waals surface area contributed by atoms with Gasteiger partial charge >= 0.3 is 0 Å². The summed E-state index contributed by atoms with van der Waals surface area (Å²) < 4.78 is 22.4. The standard InChI is InChI=1S/C14H22N2O2S/c1-3-4-12-9-14(12)16-10(2)11-5-7-13(8-6-11)19(15,17)18/h5-8,10,12,14,16H,3-4,9H2,1-2H3,(H2,15,17,18). The van der Waals surface area contributed by atoms with Gasteiger partial charge in [0.05, 0.1) is 4.90 Å². The lowest BCUT2D eigenvalue weighted by Crippen LogP contribution is -2.22. The lowest BCUT2D eigenvalue weighted by atomic mass is 10.1. The molecule has 19 heavy (non-hydrogen) atoms. The van der Waals surface area contributed by atoms with Crippen LogP contribution in [0.25, 0.3) is 0 Å². The molecule has 1 fully saturated rings. The van der Waals surface area contributed by atoms with Crippen LogP contribution in [0, 0.1) is 5.92 Å². The van der Waals surface area contributed by atoms with Crippen LogP contribution in [0.1, 0.15) is 44.7 Å². The van der Waals surface area contributed by atoms with Gasteiger partial charge in [0, 0.05) is 12.1 Å². The fraction of sp³-hybridized carbons (Fsp3) is 0.571. The topological polar surface area (TPSA) is 72.2 Å². The molecule has 0 heterocycles. The van der Waals surface area contributed by atoms with E-state index in [1.54, 1.807) is 12.1 Å². The highest BCUT2D eigenvalue weighted by atomic mass is 32.2. The fourth-order valence-electron chi connectivity index (χ4n) is 2.51. The zero-order valence-electron chi connectivity index (χ0n) is 11.5. The van der Waals surface area contributed by atoms with Crippen LogP contribution < -0.4 is 10.5 Å². The van der Waals surface area contributed by atoms with E-state index < -0.39 is 10.0 Å². The van der Waals surface area contributed by atoms with Crippen molar-refractivity contribution in [2.24, 2.45) is 11.1 Å². The van der Waals surface area contributed by atoms with Crippen molar-refractivity contribution in [1.29, 1.82) is 0 Å². The summed E-state index contributed by atoms with van der Waals surface area (Å²) in [5, 5.41) is 8.66. The van der Waals surface area contributed by atoms with Gasteiger partial charge in [-0.05, 0) is 43.4 Å². The van der Waals surface area contributed by atoms with Gasteiger partial charge in [-0.15, -0.1) is 0 Å². The Morgan fingerprint density at radius 3 is 2.53 bits per heavy atom. The summed E-state index contributed by atoms with van der Waals surface area (Å²) in [4.78, 5) is 0.165. The molecule has 0 bridgehead atoms. The van der Waals surface area contributed by atoms with Gasteiger partial charge in [-0.25, -0.2) is 13.6 Å². The number of benzene rings is 1. The van der Waals surface area contributed by atoms with Crippen LogP contribution in [-0.2, 0) is 10.0 Å². The Morgan fingerprint density at radius 2 is 2.00 bits per heavy atom. The van der Waals surface area contributed by atoms with E-state index >= 15 is 0 Å². The summed E-state index contributed by atoms with van der Waals surface area (Å²) in [7, 11) is -3.59. The minimum Gasteiger partial charge on any atom is -0.307 e. The fourth-order valence-corrected chi connectivity index (χ4v) is 3.02. The third-order valence-corrected chi connectivity index (χ3v) is 4.68. The molecule has 3 N–H and O–H groups in total. The summed E-state index contributed by atoms with van der Waals surface area (Å²) in [6.07, 6.45) is 3.78. The highest BCUT2D eigenvalue weighted by Crippen LogP contribution is 2.36. The van der Waals surface area contributed by atoms with Gasteiger partial charge < -0.3 is 5.32 Å². The van der Waals surface area contributed by atoms with Crippen molar-refractivity contribution < 1.29 is 8.42 Å². The molecule has 1 aromatic carbocycles. The molecular weight excluding hydrogens is 260 g/mol. The first kappa shape index (κ1) is 14.5. The Morgan fingerprint density at radius 1 is 1.37 bits per heavy atom. The van der Waals surface area contributed by atoms with Crippen molar-refractivity contribution in [1.82, 2.24) is 5.32 Å². The van der Waals surface area contributed by atoms with Gasteiger partial charge in [-0.3, -0.25) is 0 Å². The molecule has 2 rings (SSSR count). The summed E-state index contributed by atoms with van der Waals surface area (Å²) in [5.41, 5.74) is 1.09. The van der Waals surface area contributed by atoms with E-state index in [4.69, 9.17) is 5.14 Å². The first-order valence-corrected chi connectivity index (χ1v) is 8.35. The first-order valence-electron chi connectivity index (χ1n) is 6.80. The Bertz CT molecular complexity index is 525. The molecule has 1 aliphatic carbocycles. The maximum atomic E-state index is 11.2. The average molecular weight is 282 g/mol. The molecule has 3 atom stereocenters. The quantitative estimate of drug-likeness (QED) is 0.840. The molecule has 1 aliphatic rings. The van der Waals surface area contributed by atoms with Crippen molar-refractivity contribution in [2.75, 3.05) is 0 Å². The maximum Gasteiger partial charge on any atom is 0.238 e. The van der Waals surface area contributed by atoms with Gasteiger partial charge in [-0.2, -0.15) is 0 Å². The van der Waals surface area contributed by atoms with Crippen molar-refractivity contribution in [3.05, 3.63) is 29.8 Å². The minimum atomic E-state index is -3.59. The number of primary sulfonamides is 1. The van der Waals surface area contributed by atoms with Crippen LogP contribution in [0.5, 0.6) is 0 Å². The summed E-state index contributed by atoms with van der Waals surface area (Å²) in [6, 6.07) is 7.65. The van der Waals surface area contributed by atoms with E-state index in [9.17, 15) is 8.42 Å². The zero-order valence-corrected chi connectivity index (χ0v) is 12.3. The van der Waals surface area contributed by atoms with Gasteiger partial charge in [0.15, 0.2) is 0 Å². The van der Waals surface area contributed by atoms with E-state index in [0.717, 1.165) is 11.5 Å². The highest BCUT2D eigenvalue weighted by molar-refractivity contribution is 7.89. The normalized spacial score (nSPS) is 24.2. The Balaban J connectivity index is 1.95. The number of sulfonamides is 1. The minimum absolute atomic E-state index is 0.165. The average Bonchev–Trinajstić information content (AvgIpc) is 3.07. The van der Waals surface area contributed by atoms with Crippen LogP contribution in [0.3, 0.4) is 0 Å². The second-order valence-corrected chi connectivity index (χ2v) is 6.95. The lowest BCUT2D eigenvalue weighted by Gasteiger charge is -2.14. The van der Waals surface area contributed by atoms with Crippen molar-refractivity contribution in [3.63, 3.8) is 0 Å². The molecule has 4 nitrogen and oxygen atoms in total. The van der Waals surface area contributed by atoms with E-state index in [-0.39, 0.29) is 10.9 Å². The molecule has 5 heteroatoms. The molecule has 3 unspecified atom stereocenters. The van der Waals surface area contributed by atoms with Crippen molar-refractivity contribution >= 4 is 10.0 Å². The smallest absolute Gasteiger partial charge is 0.238 e. The Kier molecular flexibility index (Phi) is 4.28. The number of nitrogens with two attached hydrogens (primary N) is 1.